The minimum atomic E-state index is 0.677. The van der Waals surface area contributed by atoms with E-state index in [-0.39, 0.29) is 0 Å². The molecular formula is C11H15NO. The fourth-order valence-electron chi connectivity index (χ4n) is 1.38. The summed E-state index contributed by atoms with van der Waals surface area (Å²) in [5, 5.41) is 3.45. The molecule has 0 radical (unpaired) electrons. The Morgan fingerprint density at radius 3 is 2.77 bits per heavy atom. The first-order valence-electron chi connectivity index (χ1n) is 4.71. The van der Waals surface area contributed by atoms with E-state index in [4.69, 9.17) is 4.74 Å². The van der Waals surface area contributed by atoms with Crippen LogP contribution in [0.5, 0.6) is 5.75 Å². The van der Waals surface area contributed by atoms with Gasteiger partial charge in [-0.05, 0) is 37.5 Å². The Labute approximate surface area is 78.9 Å². The maximum atomic E-state index is 5.27. The monoisotopic (exact) mass is 177 g/mol. The van der Waals surface area contributed by atoms with Crippen LogP contribution in [0.2, 0.25) is 0 Å². The lowest BCUT2D eigenvalue weighted by Gasteiger charge is -2.10. The van der Waals surface area contributed by atoms with E-state index < -0.39 is 0 Å². The normalized spacial score (nSPS) is 15.5. The SMILES string of the molecule is COc1ccc(C)cc1NC1CC1. The van der Waals surface area contributed by atoms with Gasteiger partial charge >= 0.3 is 0 Å². The van der Waals surface area contributed by atoms with Gasteiger partial charge in [-0.2, -0.15) is 0 Å². The molecule has 1 aromatic rings. The highest BCUT2D eigenvalue weighted by Crippen LogP contribution is 2.31. The van der Waals surface area contributed by atoms with Crippen LogP contribution >= 0.6 is 0 Å². The lowest BCUT2D eigenvalue weighted by atomic mass is 10.2. The summed E-state index contributed by atoms with van der Waals surface area (Å²) in [5.74, 6) is 0.942. The molecule has 0 bridgehead atoms. The molecule has 0 atom stereocenters. The van der Waals surface area contributed by atoms with E-state index in [1.165, 1.54) is 18.4 Å². The van der Waals surface area contributed by atoms with E-state index in [2.05, 4.69) is 24.4 Å². The summed E-state index contributed by atoms with van der Waals surface area (Å²) < 4.78 is 5.27. The maximum Gasteiger partial charge on any atom is 0.141 e. The van der Waals surface area contributed by atoms with Gasteiger partial charge < -0.3 is 10.1 Å². The molecular weight excluding hydrogens is 162 g/mol. The molecule has 0 aliphatic heterocycles. The molecule has 2 rings (SSSR count). The number of methoxy groups -OCH3 is 1. The van der Waals surface area contributed by atoms with E-state index in [0.717, 1.165) is 11.4 Å². The molecule has 0 amide bonds. The van der Waals surface area contributed by atoms with Crippen molar-refractivity contribution in [2.45, 2.75) is 25.8 Å². The smallest absolute Gasteiger partial charge is 0.141 e. The van der Waals surface area contributed by atoms with Gasteiger partial charge in [-0.1, -0.05) is 6.07 Å². The lowest BCUT2D eigenvalue weighted by Crippen LogP contribution is -2.02. The minimum Gasteiger partial charge on any atom is -0.495 e. The number of hydrogen-bond donors (Lipinski definition) is 1. The van der Waals surface area contributed by atoms with Crippen LogP contribution in [0.1, 0.15) is 18.4 Å². The first-order chi connectivity index (χ1) is 6.29. The first kappa shape index (κ1) is 8.42. The largest absolute Gasteiger partial charge is 0.495 e. The van der Waals surface area contributed by atoms with Crippen LogP contribution in [0.15, 0.2) is 18.2 Å². The molecule has 2 nitrogen and oxygen atoms in total. The number of aryl methyl sites for hydroxylation is 1. The lowest BCUT2D eigenvalue weighted by molar-refractivity contribution is 0.416. The van der Waals surface area contributed by atoms with Gasteiger partial charge in [-0.15, -0.1) is 0 Å². The van der Waals surface area contributed by atoms with Crippen molar-refractivity contribution < 1.29 is 4.74 Å². The number of rotatable bonds is 3. The van der Waals surface area contributed by atoms with Crippen LogP contribution < -0.4 is 10.1 Å². The Morgan fingerprint density at radius 1 is 1.38 bits per heavy atom. The Balaban J connectivity index is 2.22. The molecule has 0 spiro atoms. The van der Waals surface area contributed by atoms with E-state index in [0.29, 0.717) is 6.04 Å². The highest BCUT2D eigenvalue weighted by atomic mass is 16.5. The molecule has 1 aliphatic rings. The number of nitrogens with one attached hydrogen (secondary N) is 1. The van der Waals surface area contributed by atoms with Crippen LogP contribution in [0.3, 0.4) is 0 Å². The van der Waals surface area contributed by atoms with E-state index in [1.807, 2.05) is 6.07 Å². The van der Waals surface area contributed by atoms with Crippen LogP contribution in [-0.2, 0) is 0 Å². The zero-order chi connectivity index (χ0) is 9.26. The van der Waals surface area contributed by atoms with Crippen molar-refractivity contribution in [2.75, 3.05) is 12.4 Å². The van der Waals surface area contributed by atoms with Crippen molar-refractivity contribution >= 4 is 5.69 Å². The molecule has 1 fully saturated rings. The predicted molar refractivity (Wildman–Crippen MR) is 54.4 cm³/mol. The Morgan fingerprint density at radius 2 is 2.15 bits per heavy atom. The van der Waals surface area contributed by atoms with Gasteiger partial charge in [0.2, 0.25) is 0 Å². The number of ether oxygens (including phenoxy) is 1. The van der Waals surface area contributed by atoms with Gasteiger partial charge in [0.15, 0.2) is 0 Å². The van der Waals surface area contributed by atoms with Gasteiger partial charge in [0.1, 0.15) is 5.75 Å². The predicted octanol–water partition coefficient (Wildman–Crippen LogP) is 2.58. The van der Waals surface area contributed by atoms with E-state index in [1.54, 1.807) is 7.11 Å². The van der Waals surface area contributed by atoms with Crippen molar-refractivity contribution in [2.24, 2.45) is 0 Å². The summed E-state index contributed by atoms with van der Waals surface area (Å²) in [6.07, 6.45) is 2.58. The van der Waals surface area contributed by atoms with Gasteiger partial charge in [0.05, 0.1) is 12.8 Å². The topological polar surface area (TPSA) is 21.3 Å². The molecule has 13 heavy (non-hydrogen) atoms. The molecule has 2 heteroatoms. The third-order valence-corrected chi connectivity index (χ3v) is 2.29. The van der Waals surface area contributed by atoms with Gasteiger partial charge in [0.25, 0.3) is 0 Å². The van der Waals surface area contributed by atoms with Crippen LogP contribution in [0, 0.1) is 6.92 Å². The molecule has 1 N–H and O–H groups in total. The Hall–Kier alpha value is -1.18. The van der Waals surface area contributed by atoms with Crippen LogP contribution in [-0.4, -0.2) is 13.2 Å². The molecule has 70 valence electrons. The fraction of sp³-hybridized carbons (Fsp3) is 0.455. The highest BCUT2D eigenvalue weighted by Gasteiger charge is 2.21. The van der Waals surface area contributed by atoms with Crippen molar-refractivity contribution in [3.63, 3.8) is 0 Å². The summed E-state index contributed by atoms with van der Waals surface area (Å²) in [4.78, 5) is 0. The maximum absolute atomic E-state index is 5.27. The van der Waals surface area contributed by atoms with E-state index in [9.17, 15) is 0 Å². The Bertz CT molecular complexity index is 305. The third-order valence-electron chi connectivity index (χ3n) is 2.29. The minimum absolute atomic E-state index is 0.677. The standard InChI is InChI=1S/C11H15NO/c1-8-3-6-11(13-2)10(7-8)12-9-4-5-9/h3,6-7,9,12H,4-5H2,1-2H3. The molecule has 0 aromatic heterocycles. The highest BCUT2D eigenvalue weighted by molar-refractivity contribution is 5.59. The van der Waals surface area contributed by atoms with Crippen LogP contribution in [0.25, 0.3) is 0 Å². The zero-order valence-corrected chi connectivity index (χ0v) is 8.13. The van der Waals surface area contributed by atoms with Crippen LogP contribution in [0.4, 0.5) is 5.69 Å². The van der Waals surface area contributed by atoms with Crippen molar-refractivity contribution in [1.82, 2.24) is 0 Å². The van der Waals surface area contributed by atoms with Crippen molar-refractivity contribution in [3.8, 4) is 5.75 Å². The average Bonchev–Trinajstić information content (AvgIpc) is 2.89. The summed E-state index contributed by atoms with van der Waals surface area (Å²) in [6, 6.07) is 6.89. The summed E-state index contributed by atoms with van der Waals surface area (Å²) in [5.41, 5.74) is 2.40. The number of benzene rings is 1. The van der Waals surface area contributed by atoms with Crippen molar-refractivity contribution in [1.29, 1.82) is 0 Å². The second kappa shape index (κ2) is 3.29. The summed E-state index contributed by atoms with van der Waals surface area (Å²) >= 11 is 0. The second-order valence-electron chi connectivity index (χ2n) is 3.62. The zero-order valence-electron chi connectivity index (χ0n) is 8.13. The first-order valence-corrected chi connectivity index (χ1v) is 4.71. The summed E-state index contributed by atoms with van der Waals surface area (Å²) in [6.45, 7) is 2.09. The molecule has 1 aliphatic carbocycles. The quantitative estimate of drug-likeness (QED) is 0.766. The van der Waals surface area contributed by atoms with Crippen molar-refractivity contribution in [3.05, 3.63) is 23.8 Å². The second-order valence-corrected chi connectivity index (χ2v) is 3.62. The molecule has 0 saturated heterocycles. The van der Waals surface area contributed by atoms with Gasteiger partial charge in [0, 0.05) is 6.04 Å². The third kappa shape index (κ3) is 1.94. The van der Waals surface area contributed by atoms with Gasteiger partial charge in [-0.25, -0.2) is 0 Å². The Kier molecular flexibility index (Phi) is 2.13. The average molecular weight is 177 g/mol. The van der Waals surface area contributed by atoms with Gasteiger partial charge in [-0.3, -0.25) is 0 Å². The molecule has 0 unspecified atom stereocenters. The molecule has 1 saturated carbocycles. The number of hydrogen-bond acceptors (Lipinski definition) is 2. The van der Waals surface area contributed by atoms with E-state index >= 15 is 0 Å². The fourth-order valence-corrected chi connectivity index (χ4v) is 1.38. The molecule has 0 heterocycles. The summed E-state index contributed by atoms with van der Waals surface area (Å²) in [7, 11) is 1.71. The number of anilines is 1. The molecule has 1 aromatic carbocycles.